The molecule has 2 aromatic carbocycles. The molecule has 4 aromatic rings. The van der Waals surface area contributed by atoms with E-state index in [0.717, 1.165) is 66.8 Å². The van der Waals surface area contributed by atoms with Crippen LogP contribution in [0.1, 0.15) is 75.5 Å². The highest BCUT2D eigenvalue weighted by atomic mass is 16.2. The van der Waals surface area contributed by atoms with Crippen LogP contribution in [0.25, 0.3) is 22.3 Å². The smallest absolute Gasteiger partial charge is 0.261 e. The van der Waals surface area contributed by atoms with Crippen molar-refractivity contribution in [2.75, 3.05) is 19.6 Å². The predicted octanol–water partition coefficient (Wildman–Crippen LogP) is 4.30. The number of carbonyl (C=O) groups excluding carboxylic acids is 2. The van der Waals surface area contributed by atoms with E-state index >= 15 is 0 Å². The van der Waals surface area contributed by atoms with Crippen LogP contribution in [0.5, 0.6) is 0 Å². The van der Waals surface area contributed by atoms with E-state index in [1.54, 1.807) is 12.1 Å². The van der Waals surface area contributed by atoms with Crippen molar-refractivity contribution >= 4 is 22.8 Å². The number of benzene rings is 2. The van der Waals surface area contributed by atoms with E-state index in [1.807, 2.05) is 18.3 Å². The van der Waals surface area contributed by atoms with Gasteiger partial charge in [0.1, 0.15) is 0 Å². The first kappa shape index (κ1) is 22.1. The summed E-state index contributed by atoms with van der Waals surface area (Å²) in [6.07, 6.45) is 8.16. The Balaban J connectivity index is 1.02. The zero-order valence-corrected chi connectivity index (χ0v) is 21.0. The maximum atomic E-state index is 12.8. The third-order valence-corrected chi connectivity index (χ3v) is 8.72. The van der Waals surface area contributed by atoms with Crippen LogP contribution in [0.15, 0.2) is 54.9 Å². The molecule has 3 fully saturated rings. The van der Waals surface area contributed by atoms with Crippen molar-refractivity contribution in [1.82, 2.24) is 30.0 Å². The molecule has 190 valence electrons. The van der Waals surface area contributed by atoms with Crippen molar-refractivity contribution in [3.8, 4) is 11.3 Å². The molecule has 38 heavy (non-hydrogen) atoms. The van der Waals surface area contributed by atoms with Crippen LogP contribution in [-0.2, 0) is 0 Å². The molecule has 2 amide bonds. The van der Waals surface area contributed by atoms with Gasteiger partial charge < -0.3 is 5.32 Å². The largest absolute Gasteiger partial charge is 0.315 e. The van der Waals surface area contributed by atoms with Crippen molar-refractivity contribution < 1.29 is 9.59 Å². The third-order valence-electron chi connectivity index (χ3n) is 8.72. The molecule has 2 saturated carbocycles. The first-order valence-corrected chi connectivity index (χ1v) is 13.6. The standard InChI is InChI=1S/C30H28N6O2/c37-29-22-3-1-2-4-23(22)30(38)35(29)15-17-9-21(10-17)36-16-24(28(34-36)18-5-6-18)27-14-32-25-8-7-19(11-26(25)33-27)20-12-31-13-20/h1-4,7-8,11,14,16-18,20-21,31H,5-6,9-10,12-13,15H2/t17-,21-. The highest BCUT2D eigenvalue weighted by Gasteiger charge is 2.41. The molecular formula is C30H28N6O2. The van der Waals surface area contributed by atoms with Crippen LogP contribution in [0.2, 0.25) is 0 Å². The van der Waals surface area contributed by atoms with Gasteiger partial charge in [0.2, 0.25) is 0 Å². The second-order valence-corrected chi connectivity index (χ2v) is 11.3. The lowest BCUT2D eigenvalue weighted by Gasteiger charge is -2.37. The summed E-state index contributed by atoms with van der Waals surface area (Å²) in [4.78, 5) is 36.7. The summed E-state index contributed by atoms with van der Waals surface area (Å²) in [5, 5.41) is 8.39. The zero-order chi connectivity index (χ0) is 25.4. The quantitative estimate of drug-likeness (QED) is 0.394. The van der Waals surface area contributed by atoms with Gasteiger partial charge >= 0.3 is 0 Å². The summed E-state index contributed by atoms with van der Waals surface area (Å²) in [6.45, 7) is 2.51. The summed E-state index contributed by atoms with van der Waals surface area (Å²) in [5.41, 5.74) is 7.31. The van der Waals surface area contributed by atoms with Crippen molar-refractivity contribution in [2.24, 2.45) is 5.92 Å². The Labute approximate surface area is 220 Å². The van der Waals surface area contributed by atoms with Crippen LogP contribution >= 0.6 is 0 Å². The molecule has 4 heterocycles. The third kappa shape index (κ3) is 3.50. The van der Waals surface area contributed by atoms with Crippen LogP contribution in [0.4, 0.5) is 0 Å². The molecule has 8 nitrogen and oxygen atoms in total. The molecule has 2 aliphatic heterocycles. The van der Waals surface area contributed by atoms with Gasteiger partial charge in [-0.25, -0.2) is 4.98 Å². The van der Waals surface area contributed by atoms with E-state index < -0.39 is 0 Å². The number of rotatable bonds is 6. The first-order chi connectivity index (χ1) is 18.6. The SMILES string of the molecule is O=C1c2ccccc2C(=O)N1C[C@H]1C[C@H](n2cc(-c3cnc4ccc(C5CNC5)cc4n3)c(C3CC3)n2)C1. The van der Waals surface area contributed by atoms with Crippen molar-refractivity contribution in [2.45, 2.75) is 43.6 Å². The fourth-order valence-electron chi connectivity index (χ4n) is 6.11. The number of hydrogen-bond acceptors (Lipinski definition) is 6. The fourth-order valence-corrected chi connectivity index (χ4v) is 6.11. The van der Waals surface area contributed by atoms with Crippen LogP contribution in [0, 0.1) is 5.92 Å². The minimum atomic E-state index is -0.168. The molecule has 4 aliphatic rings. The lowest BCUT2D eigenvalue weighted by molar-refractivity contribution is 0.0561. The fraction of sp³-hybridized carbons (Fsp3) is 0.367. The summed E-state index contributed by atoms with van der Waals surface area (Å²) in [7, 11) is 0. The lowest BCUT2D eigenvalue weighted by atomic mass is 9.80. The molecule has 0 unspecified atom stereocenters. The van der Waals surface area contributed by atoms with Crippen molar-refractivity contribution in [3.63, 3.8) is 0 Å². The van der Waals surface area contributed by atoms with Gasteiger partial charge in [0, 0.05) is 43.2 Å². The highest BCUT2D eigenvalue weighted by molar-refractivity contribution is 6.21. The second-order valence-electron chi connectivity index (χ2n) is 11.3. The molecule has 0 radical (unpaired) electrons. The number of fused-ring (bicyclic) bond motifs is 2. The monoisotopic (exact) mass is 504 g/mol. The van der Waals surface area contributed by atoms with E-state index in [1.165, 1.54) is 10.5 Å². The van der Waals surface area contributed by atoms with Crippen molar-refractivity contribution in [1.29, 1.82) is 0 Å². The van der Waals surface area contributed by atoms with Gasteiger partial charge in [-0.1, -0.05) is 18.2 Å². The maximum Gasteiger partial charge on any atom is 0.261 e. The van der Waals surface area contributed by atoms with E-state index in [0.29, 0.717) is 35.4 Å². The maximum absolute atomic E-state index is 12.8. The Morgan fingerprint density at radius 2 is 1.66 bits per heavy atom. The first-order valence-electron chi connectivity index (χ1n) is 13.6. The van der Waals surface area contributed by atoms with E-state index in [2.05, 4.69) is 34.4 Å². The highest BCUT2D eigenvalue weighted by Crippen LogP contribution is 2.46. The Kier molecular flexibility index (Phi) is 4.83. The lowest BCUT2D eigenvalue weighted by Crippen LogP contribution is -2.40. The summed E-state index contributed by atoms with van der Waals surface area (Å²) in [5.74, 6) is 1.00. The molecule has 2 aliphatic carbocycles. The van der Waals surface area contributed by atoms with Gasteiger partial charge in [-0.3, -0.25) is 24.2 Å². The Hall–Kier alpha value is -3.91. The topological polar surface area (TPSA) is 93.0 Å². The van der Waals surface area contributed by atoms with E-state index in [-0.39, 0.29) is 17.9 Å². The van der Waals surface area contributed by atoms with Gasteiger partial charge in [-0.05, 0) is 61.4 Å². The summed E-state index contributed by atoms with van der Waals surface area (Å²) < 4.78 is 2.10. The molecule has 0 spiro atoms. The number of imide groups is 1. The molecule has 0 bridgehead atoms. The number of hydrogen-bond donors (Lipinski definition) is 1. The van der Waals surface area contributed by atoms with Crippen LogP contribution in [-0.4, -0.2) is 56.1 Å². The molecule has 2 aromatic heterocycles. The van der Waals surface area contributed by atoms with Crippen LogP contribution in [0.3, 0.4) is 0 Å². The number of amides is 2. The predicted molar refractivity (Wildman–Crippen MR) is 142 cm³/mol. The van der Waals surface area contributed by atoms with E-state index in [9.17, 15) is 9.59 Å². The van der Waals surface area contributed by atoms with Crippen molar-refractivity contribution in [3.05, 3.63) is 77.2 Å². The molecule has 1 N–H and O–H groups in total. The minimum absolute atomic E-state index is 0.168. The Morgan fingerprint density at radius 3 is 2.34 bits per heavy atom. The Bertz CT molecular complexity index is 1580. The van der Waals surface area contributed by atoms with Gasteiger partial charge in [-0.2, -0.15) is 5.10 Å². The average molecular weight is 505 g/mol. The second kappa shape index (κ2) is 8.30. The number of nitrogens with zero attached hydrogens (tertiary/aromatic N) is 5. The normalized spacial score (nSPS) is 23.0. The number of aromatic nitrogens is 4. The van der Waals surface area contributed by atoms with Gasteiger partial charge in [0.15, 0.2) is 0 Å². The average Bonchev–Trinajstić information content (AvgIpc) is 3.59. The minimum Gasteiger partial charge on any atom is -0.315 e. The number of nitrogens with one attached hydrogen (secondary N) is 1. The molecular weight excluding hydrogens is 476 g/mol. The van der Waals surface area contributed by atoms with Gasteiger partial charge in [0.25, 0.3) is 11.8 Å². The molecule has 0 atom stereocenters. The Morgan fingerprint density at radius 1 is 0.895 bits per heavy atom. The summed E-state index contributed by atoms with van der Waals surface area (Å²) >= 11 is 0. The molecule has 8 heteroatoms. The summed E-state index contributed by atoms with van der Waals surface area (Å²) in [6, 6.07) is 13.8. The zero-order valence-electron chi connectivity index (χ0n) is 21.0. The van der Waals surface area contributed by atoms with Crippen LogP contribution < -0.4 is 5.32 Å². The van der Waals surface area contributed by atoms with E-state index in [4.69, 9.17) is 15.1 Å². The number of carbonyl (C=O) groups is 2. The molecule has 8 rings (SSSR count). The van der Waals surface area contributed by atoms with Gasteiger partial charge in [0.05, 0.1) is 45.8 Å². The molecule has 1 saturated heterocycles. The van der Waals surface area contributed by atoms with Gasteiger partial charge in [-0.15, -0.1) is 0 Å².